The average Bonchev–Trinajstić information content (AvgIpc) is 2.64. The SMILES string of the molecule is CNS/C=C/C1CCCN1C(=O)OC(C)(C)C. The second kappa shape index (κ2) is 6.31. The Morgan fingerprint density at radius 3 is 2.82 bits per heavy atom. The molecule has 1 amide bonds. The standard InChI is InChI=1S/C12H22N2O2S/c1-12(2,3)16-11(15)14-8-5-6-10(14)7-9-17-13-4/h7,9-10,13H,5-6,8H2,1-4H3/b9-7+. The Bertz CT molecular complexity index is 287. The van der Waals surface area contributed by atoms with Crippen LogP contribution in [0.25, 0.3) is 0 Å². The van der Waals surface area contributed by atoms with Crippen LogP contribution in [0.15, 0.2) is 11.5 Å². The van der Waals surface area contributed by atoms with E-state index in [1.54, 1.807) is 4.90 Å². The quantitative estimate of drug-likeness (QED) is 0.790. The Morgan fingerprint density at radius 2 is 2.24 bits per heavy atom. The third-order valence-electron chi connectivity index (χ3n) is 2.41. The van der Waals surface area contributed by atoms with Crippen LogP contribution in [0.1, 0.15) is 33.6 Å². The molecule has 0 aliphatic carbocycles. The van der Waals surface area contributed by atoms with E-state index in [4.69, 9.17) is 4.74 Å². The Kier molecular flexibility index (Phi) is 5.33. The van der Waals surface area contributed by atoms with E-state index in [2.05, 4.69) is 10.8 Å². The lowest BCUT2D eigenvalue weighted by Crippen LogP contribution is -2.39. The van der Waals surface area contributed by atoms with E-state index in [9.17, 15) is 4.79 Å². The molecule has 1 fully saturated rings. The molecule has 0 aromatic heterocycles. The van der Waals surface area contributed by atoms with Gasteiger partial charge in [0.1, 0.15) is 5.60 Å². The van der Waals surface area contributed by atoms with Crippen molar-refractivity contribution < 1.29 is 9.53 Å². The summed E-state index contributed by atoms with van der Waals surface area (Å²) in [5, 5.41) is 1.98. The zero-order valence-corrected chi connectivity index (χ0v) is 11.8. The Balaban J connectivity index is 2.54. The number of hydrogen-bond donors (Lipinski definition) is 1. The largest absolute Gasteiger partial charge is 0.444 e. The van der Waals surface area contributed by atoms with Crippen molar-refractivity contribution in [1.82, 2.24) is 9.62 Å². The number of carbonyl (C=O) groups is 1. The number of carbonyl (C=O) groups excluding carboxylic acids is 1. The van der Waals surface area contributed by atoms with E-state index < -0.39 is 5.60 Å². The van der Waals surface area contributed by atoms with Crippen molar-refractivity contribution in [1.29, 1.82) is 0 Å². The molecule has 0 aromatic carbocycles. The van der Waals surface area contributed by atoms with Crippen molar-refractivity contribution in [3.63, 3.8) is 0 Å². The lowest BCUT2D eigenvalue weighted by Gasteiger charge is -2.27. The summed E-state index contributed by atoms with van der Waals surface area (Å²) in [4.78, 5) is 13.8. The van der Waals surface area contributed by atoms with Crippen LogP contribution in [-0.2, 0) is 4.74 Å². The van der Waals surface area contributed by atoms with Crippen molar-refractivity contribution in [3.8, 4) is 0 Å². The number of ether oxygens (including phenoxy) is 1. The molecule has 0 radical (unpaired) electrons. The molecular weight excluding hydrogens is 236 g/mol. The second-order valence-corrected chi connectivity index (χ2v) is 5.95. The van der Waals surface area contributed by atoms with E-state index in [-0.39, 0.29) is 12.1 Å². The summed E-state index contributed by atoms with van der Waals surface area (Å²) in [6.07, 6.45) is 3.90. The maximum absolute atomic E-state index is 12.0. The molecule has 0 bridgehead atoms. The first-order valence-electron chi connectivity index (χ1n) is 5.93. The van der Waals surface area contributed by atoms with E-state index in [0.717, 1.165) is 19.4 Å². The van der Waals surface area contributed by atoms with Crippen molar-refractivity contribution in [3.05, 3.63) is 11.5 Å². The first-order chi connectivity index (χ1) is 7.94. The van der Waals surface area contributed by atoms with Gasteiger partial charge < -0.3 is 9.64 Å². The summed E-state index contributed by atoms with van der Waals surface area (Å²) >= 11 is 1.51. The van der Waals surface area contributed by atoms with Crippen molar-refractivity contribution in [2.24, 2.45) is 0 Å². The zero-order chi connectivity index (χ0) is 12.9. The predicted octanol–water partition coefficient (Wildman–Crippen LogP) is 2.77. The third-order valence-corrected chi connectivity index (χ3v) is 2.94. The molecule has 1 N–H and O–H groups in total. The fourth-order valence-electron chi connectivity index (χ4n) is 1.74. The zero-order valence-electron chi connectivity index (χ0n) is 11.0. The first-order valence-corrected chi connectivity index (χ1v) is 6.80. The average molecular weight is 258 g/mol. The van der Waals surface area contributed by atoms with Gasteiger partial charge in [-0.1, -0.05) is 18.0 Å². The molecule has 1 aliphatic heterocycles. The van der Waals surface area contributed by atoms with Crippen LogP contribution in [0.3, 0.4) is 0 Å². The molecule has 1 atom stereocenters. The minimum atomic E-state index is -0.423. The van der Waals surface area contributed by atoms with E-state index in [0.29, 0.717) is 0 Å². The maximum atomic E-state index is 12.0. The molecular formula is C12H22N2O2S. The van der Waals surface area contributed by atoms with Gasteiger partial charge in [0.2, 0.25) is 0 Å². The topological polar surface area (TPSA) is 41.6 Å². The lowest BCUT2D eigenvalue weighted by atomic mass is 10.2. The monoisotopic (exact) mass is 258 g/mol. The Hall–Kier alpha value is -0.680. The molecule has 17 heavy (non-hydrogen) atoms. The highest BCUT2D eigenvalue weighted by atomic mass is 32.2. The normalized spacial score (nSPS) is 21.2. The van der Waals surface area contributed by atoms with Crippen LogP contribution in [0.2, 0.25) is 0 Å². The highest BCUT2D eigenvalue weighted by Crippen LogP contribution is 2.22. The lowest BCUT2D eigenvalue weighted by molar-refractivity contribution is 0.0256. The van der Waals surface area contributed by atoms with Gasteiger partial charge in [-0.15, -0.1) is 0 Å². The summed E-state index contributed by atoms with van der Waals surface area (Å²) in [7, 11) is 1.87. The smallest absolute Gasteiger partial charge is 0.410 e. The Morgan fingerprint density at radius 1 is 1.53 bits per heavy atom. The van der Waals surface area contributed by atoms with Gasteiger partial charge in [-0.05, 0) is 46.1 Å². The van der Waals surface area contributed by atoms with Gasteiger partial charge >= 0.3 is 6.09 Å². The molecule has 4 nitrogen and oxygen atoms in total. The highest BCUT2D eigenvalue weighted by molar-refractivity contribution is 8.00. The van der Waals surface area contributed by atoms with Crippen LogP contribution >= 0.6 is 11.9 Å². The molecule has 0 spiro atoms. The Labute approximate surface area is 108 Å². The number of likely N-dealkylation sites (tertiary alicyclic amines) is 1. The molecule has 5 heteroatoms. The van der Waals surface area contributed by atoms with Crippen LogP contribution in [0, 0.1) is 0 Å². The molecule has 98 valence electrons. The van der Waals surface area contributed by atoms with Gasteiger partial charge in [0.25, 0.3) is 0 Å². The van der Waals surface area contributed by atoms with Crippen LogP contribution in [0.4, 0.5) is 4.79 Å². The minimum absolute atomic E-state index is 0.172. The number of nitrogens with one attached hydrogen (secondary N) is 1. The van der Waals surface area contributed by atoms with Gasteiger partial charge in [0.05, 0.1) is 6.04 Å². The van der Waals surface area contributed by atoms with Crippen molar-refractivity contribution >= 4 is 18.0 Å². The van der Waals surface area contributed by atoms with E-state index >= 15 is 0 Å². The molecule has 0 saturated carbocycles. The number of nitrogens with zero attached hydrogens (tertiary/aromatic N) is 1. The maximum Gasteiger partial charge on any atom is 0.410 e. The van der Waals surface area contributed by atoms with Gasteiger partial charge in [0, 0.05) is 6.54 Å². The minimum Gasteiger partial charge on any atom is -0.444 e. The van der Waals surface area contributed by atoms with Crippen molar-refractivity contribution in [2.75, 3.05) is 13.6 Å². The molecule has 1 saturated heterocycles. The molecule has 1 aliphatic rings. The summed E-state index contributed by atoms with van der Waals surface area (Å²) in [5.74, 6) is 0. The predicted molar refractivity (Wildman–Crippen MR) is 71.8 cm³/mol. The van der Waals surface area contributed by atoms with Gasteiger partial charge in [0.15, 0.2) is 0 Å². The fraction of sp³-hybridized carbons (Fsp3) is 0.750. The molecule has 1 unspecified atom stereocenters. The molecule has 1 heterocycles. The fourth-order valence-corrected chi connectivity index (χ4v) is 2.13. The van der Waals surface area contributed by atoms with Crippen molar-refractivity contribution in [2.45, 2.75) is 45.3 Å². The third kappa shape index (κ3) is 5.00. The van der Waals surface area contributed by atoms with Crippen LogP contribution in [0.5, 0.6) is 0 Å². The number of hydrogen-bond acceptors (Lipinski definition) is 4. The van der Waals surface area contributed by atoms with Crippen LogP contribution < -0.4 is 4.72 Å². The summed E-state index contributed by atoms with van der Waals surface area (Å²) in [6.45, 7) is 6.46. The first kappa shape index (κ1) is 14.4. The van der Waals surface area contributed by atoms with Gasteiger partial charge in [-0.2, -0.15) is 0 Å². The molecule has 0 aromatic rings. The highest BCUT2D eigenvalue weighted by Gasteiger charge is 2.30. The number of amides is 1. The summed E-state index contributed by atoms with van der Waals surface area (Å²) < 4.78 is 8.36. The summed E-state index contributed by atoms with van der Waals surface area (Å²) in [6, 6.07) is 0.172. The van der Waals surface area contributed by atoms with E-state index in [1.165, 1.54) is 11.9 Å². The van der Waals surface area contributed by atoms with Crippen LogP contribution in [-0.4, -0.2) is 36.2 Å². The summed E-state index contributed by atoms with van der Waals surface area (Å²) in [5.41, 5.74) is -0.423. The van der Waals surface area contributed by atoms with Gasteiger partial charge in [-0.3, -0.25) is 4.72 Å². The number of rotatable bonds is 3. The van der Waals surface area contributed by atoms with E-state index in [1.807, 2.05) is 33.2 Å². The van der Waals surface area contributed by atoms with Gasteiger partial charge in [-0.25, -0.2) is 4.79 Å². The second-order valence-electron chi connectivity index (χ2n) is 5.03. The molecule has 1 rings (SSSR count).